The molecule has 0 spiro atoms. The molecule has 5 aromatic rings. The molecule has 2 heterocycles. The molecule has 1 unspecified atom stereocenters. The number of carbonyl (C=O) groups is 1. The summed E-state index contributed by atoms with van der Waals surface area (Å²) in [5.74, 6) is 1.82. The number of anilines is 1. The molecule has 1 saturated heterocycles. The van der Waals surface area contributed by atoms with Crippen molar-refractivity contribution in [3.8, 4) is 5.75 Å². The predicted octanol–water partition coefficient (Wildman–Crippen LogP) is 6.44. The summed E-state index contributed by atoms with van der Waals surface area (Å²) in [6.45, 7) is 1.68. The van der Waals surface area contributed by atoms with Gasteiger partial charge in [0, 0.05) is 24.3 Å². The summed E-state index contributed by atoms with van der Waals surface area (Å²) in [4.78, 5) is 19.7. The summed E-state index contributed by atoms with van der Waals surface area (Å²) in [5.41, 5.74) is 2.73. The lowest BCUT2D eigenvalue weighted by atomic mass is 10.1. The van der Waals surface area contributed by atoms with Gasteiger partial charge in [-0.25, -0.2) is 4.98 Å². The third kappa shape index (κ3) is 4.02. The predicted molar refractivity (Wildman–Crippen MR) is 140 cm³/mol. The molecule has 1 amide bonds. The van der Waals surface area contributed by atoms with E-state index in [1.807, 2.05) is 66.7 Å². The number of ether oxygens (including phenoxy) is 1. The fraction of sp³-hybridized carbons (Fsp3) is 0.172. The molecule has 0 bridgehead atoms. The van der Waals surface area contributed by atoms with E-state index in [4.69, 9.17) is 21.3 Å². The number of nitrogens with zero attached hydrogens (tertiary/aromatic N) is 3. The van der Waals surface area contributed by atoms with Gasteiger partial charge in [-0.1, -0.05) is 72.3 Å². The number of carbonyl (C=O) groups excluding carboxylic acids is 1. The average Bonchev–Trinajstić information content (AvgIpc) is 3.45. The van der Waals surface area contributed by atoms with Crippen LogP contribution >= 0.6 is 11.6 Å². The first kappa shape index (κ1) is 21.7. The average molecular weight is 482 g/mol. The van der Waals surface area contributed by atoms with Gasteiger partial charge >= 0.3 is 0 Å². The van der Waals surface area contributed by atoms with E-state index in [2.05, 4.69) is 28.8 Å². The van der Waals surface area contributed by atoms with E-state index < -0.39 is 0 Å². The maximum absolute atomic E-state index is 13.0. The second-order valence-electron chi connectivity index (χ2n) is 8.79. The van der Waals surface area contributed by atoms with Gasteiger partial charge in [-0.15, -0.1) is 0 Å². The molecule has 0 aliphatic carbocycles. The lowest BCUT2D eigenvalue weighted by Gasteiger charge is -2.18. The molecular formula is C29H24ClN3O2. The van der Waals surface area contributed by atoms with Crippen LogP contribution in [0.4, 0.5) is 5.69 Å². The van der Waals surface area contributed by atoms with Crippen LogP contribution in [-0.2, 0) is 11.3 Å². The molecule has 4 aromatic carbocycles. The minimum atomic E-state index is -0.0243. The molecular weight excluding hydrogens is 458 g/mol. The van der Waals surface area contributed by atoms with E-state index in [0.29, 0.717) is 31.1 Å². The van der Waals surface area contributed by atoms with Gasteiger partial charge in [-0.05, 0) is 35.7 Å². The fourth-order valence-corrected chi connectivity index (χ4v) is 5.23. The third-order valence-electron chi connectivity index (χ3n) is 6.64. The van der Waals surface area contributed by atoms with Gasteiger partial charge in [-0.2, -0.15) is 0 Å². The topological polar surface area (TPSA) is 47.4 Å². The van der Waals surface area contributed by atoms with Crippen LogP contribution in [0.1, 0.15) is 18.2 Å². The number of para-hydroxylation sites is 3. The van der Waals surface area contributed by atoms with Crippen LogP contribution in [-0.4, -0.2) is 28.6 Å². The molecule has 5 nitrogen and oxygen atoms in total. The Kier molecular flexibility index (Phi) is 5.63. The number of halogens is 1. The number of hydrogen-bond donors (Lipinski definition) is 0. The van der Waals surface area contributed by atoms with E-state index in [-0.39, 0.29) is 11.8 Å². The molecule has 0 saturated carbocycles. The van der Waals surface area contributed by atoms with Crippen LogP contribution in [0.25, 0.3) is 21.8 Å². The second-order valence-corrected chi connectivity index (χ2v) is 9.20. The first-order valence-electron chi connectivity index (χ1n) is 11.8. The number of imidazole rings is 1. The monoisotopic (exact) mass is 481 g/mol. The van der Waals surface area contributed by atoms with Gasteiger partial charge in [-0.3, -0.25) is 4.79 Å². The molecule has 1 aliphatic heterocycles. The van der Waals surface area contributed by atoms with Crippen LogP contribution < -0.4 is 9.64 Å². The third-order valence-corrected chi connectivity index (χ3v) is 6.96. The van der Waals surface area contributed by atoms with Crippen molar-refractivity contribution < 1.29 is 9.53 Å². The van der Waals surface area contributed by atoms with Crippen molar-refractivity contribution in [2.75, 3.05) is 18.1 Å². The maximum atomic E-state index is 13.0. The normalized spacial score (nSPS) is 15.9. The van der Waals surface area contributed by atoms with Crippen molar-refractivity contribution in [3.05, 3.63) is 102 Å². The summed E-state index contributed by atoms with van der Waals surface area (Å²) < 4.78 is 8.45. The van der Waals surface area contributed by atoms with Crippen molar-refractivity contribution in [3.63, 3.8) is 0 Å². The Hall–Kier alpha value is -3.83. The maximum Gasteiger partial charge on any atom is 0.227 e. The Labute approximate surface area is 208 Å². The van der Waals surface area contributed by atoms with E-state index in [0.717, 1.165) is 39.1 Å². The molecule has 0 N–H and O–H groups in total. The Balaban J connectivity index is 1.28. The highest BCUT2D eigenvalue weighted by Crippen LogP contribution is 2.36. The molecule has 1 aliphatic rings. The fourth-order valence-electron chi connectivity index (χ4n) is 4.99. The second kappa shape index (κ2) is 9.08. The van der Waals surface area contributed by atoms with E-state index in [1.54, 1.807) is 4.90 Å². The molecule has 35 heavy (non-hydrogen) atoms. The van der Waals surface area contributed by atoms with Crippen LogP contribution in [0.3, 0.4) is 0 Å². The quantitative estimate of drug-likeness (QED) is 0.280. The SMILES string of the molecule is O=C1CC(c2nc3ccccc3n2CCOc2cccc3ccccc23)CN1c1ccccc1Cl. The molecule has 0 radical (unpaired) electrons. The van der Waals surface area contributed by atoms with Crippen molar-refractivity contribution in [2.24, 2.45) is 0 Å². The number of benzene rings is 4. The van der Waals surface area contributed by atoms with Crippen LogP contribution in [0, 0.1) is 0 Å². The molecule has 1 aromatic heterocycles. The first-order valence-corrected chi connectivity index (χ1v) is 12.2. The van der Waals surface area contributed by atoms with Crippen molar-refractivity contribution >= 4 is 45.0 Å². The summed E-state index contributed by atoms with van der Waals surface area (Å²) in [6, 6.07) is 29.9. The smallest absolute Gasteiger partial charge is 0.227 e. The van der Waals surface area contributed by atoms with E-state index >= 15 is 0 Å². The van der Waals surface area contributed by atoms with E-state index in [1.165, 1.54) is 0 Å². The first-order chi connectivity index (χ1) is 17.2. The van der Waals surface area contributed by atoms with Crippen LogP contribution in [0.15, 0.2) is 91.0 Å². The van der Waals surface area contributed by atoms with Crippen molar-refractivity contribution in [1.29, 1.82) is 0 Å². The summed E-state index contributed by atoms with van der Waals surface area (Å²) in [5, 5.41) is 2.84. The number of aromatic nitrogens is 2. The lowest BCUT2D eigenvalue weighted by molar-refractivity contribution is -0.117. The summed E-state index contributed by atoms with van der Waals surface area (Å²) in [7, 11) is 0. The Morgan fingerprint density at radius 2 is 1.69 bits per heavy atom. The Morgan fingerprint density at radius 3 is 2.60 bits per heavy atom. The van der Waals surface area contributed by atoms with Gasteiger partial charge < -0.3 is 14.2 Å². The van der Waals surface area contributed by atoms with Gasteiger partial charge in [0.2, 0.25) is 5.91 Å². The van der Waals surface area contributed by atoms with E-state index in [9.17, 15) is 4.79 Å². The van der Waals surface area contributed by atoms with Crippen LogP contribution in [0.2, 0.25) is 5.02 Å². The zero-order valence-corrected chi connectivity index (χ0v) is 19.9. The van der Waals surface area contributed by atoms with Crippen molar-refractivity contribution in [1.82, 2.24) is 9.55 Å². The molecule has 1 fully saturated rings. The summed E-state index contributed by atoms with van der Waals surface area (Å²) in [6.07, 6.45) is 0.402. The summed E-state index contributed by atoms with van der Waals surface area (Å²) >= 11 is 6.40. The number of hydrogen-bond acceptors (Lipinski definition) is 3. The van der Waals surface area contributed by atoms with Gasteiger partial charge in [0.25, 0.3) is 0 Å². The highest BCUT2D eigenvalue weighted by Gasteiger charge is 2.35. The Bertz CT molecular complexity index is 1540. The van der Waals surface area contributed by atoms with Gasteiger partial charge in [0.05, 0.1) is 28.3 Å². The highest BCUT2D eigenvalue weighted by atomic mass is 35.5. The van der Waals surface area contributed by atoms with Crippen LogP contribution in [0.5, 0.6) is 5.75 Å². The molecule has 6 rings (SSSR count). The standard InChI is InChI=1S/C29H24ClN3O2/c30-23-11-3-5-13-25(23)33-19-21(18-28(33)34)29-31-24-12-4-6-14-26(24)32(29)16-17-35-27-15-7-9-20-8-1-2-10-22(20)27/h1-15,21H,16-19H2. The minimum Gasteiger partial charge on any atom is -0.491 e. The highest BCUT2D eigenvalue weighted by molar-refractivity contribution is 6.33. The lowest BCUT2D eigenvalue weighted by Crippen LogP contribution is -2.25. The van der Waals surface area contributed by atoms with Gasteiger partial charge in [0.15, 0.2) is 0 Å². The van der Waals surface area contributed by atoms with Gasteiger partial charge in [0.1, 0.15) is 18.2 Å². The minimum absolute atomic E-state index is 0.0243. The number of rotatable bonds is 6. The zero-order chi connectivity index (χ0) is 23.8. The zero-order valence-electron chi connectivity index (χ0n) is 19.1. The molecule has 1 atom stereocenters. The molecule has 6 heteroatoms. The number of amides is 1. The largest absolute Gasteiger partial charge is 0.491 e. The Morgan fingerprint density at radius 1 is 0.914 bits per heavy atom. The number of fused-ring (bicyclic) bond motifs is 2. The van der Waals surface area contributed by atoms with Crippen molar-refractivity contribution in [2.45, 2.75) is 18.9 Å². The molecule has 174 valence electrons.